The normalized spacial score (nSPS) is 21.8. The van der Waals surface area contributed by atoms with Crippen LogP contribution in [0.25, 0.3) is 0 Å². The van der Waals surface area contributed by atoms with Crippen LogP contribution in [0.3, 0.4) is 0 Å². The molecular weight excluding hydrogens is 228 g/mol. The van der Waals surface area contributed by atoms with Gasteiger partial charge in [-0.25, -0.2) is 10.8 Å². The first-order chi connectivity index (χ1) is 8.69. The molecule has 0 bridgehead atoms. The fraction of sp³-hybridized carbons (Fsp3) is 0.583. The molecule has 1 atom stereocenters. The molecule has 2 heterocycles. The van der Waals surface area contributed by atoms with Gasteiger partial charge in [0.05, 0.1) is 0 Å². The smallest absolute Gasteiger partial charge is 0.142 e. The van der Waals surface area contributed by atoms with Crippen LogP contribution < -0.4 is 16.6 Å². The van der Waals surface area contributed by atoms with E-state index in [2.05, 4.69) is 39.6 Å². The van der Waals surface area contributed by atoms with Gasteiger partial charge in [-0.15, -0.1) is 0 Å². The largest absolute Gasteiger partial charge is 0.368 e. The molecule has 18 heavy (non-hydrogen) atoms. The minimum absolute atomic E-state index is 0.514. The number of nitrogens with two attached hydrogens (primary N) is 1. The maximum Gasteiger partial charge on any atom is 0.142 e. The second-order valence-corrected chi connectivity index (χ2v) is 4.83. The summed E-state index contributed by atoms with van der Waals surface area (Å²) in [5.74, 6) is 6.87. The number of hydrazine groups is 1. The maximum atomic E-state index is 5.34. The first-order valence-electron chi connectivity index (χ1n) is 6.25. The zero-order valence-electron chi connectivity index (χ0n) is 11.1. The molecule has 1 aromatic heterocycles. The lowest BCUT2D eigenvalue weighted by atomic mass is 10.2. The van der Waals surface area contributed by atoms with Gasteiger partial charge in [-0.1, -0.05) is 6.07 Å². The number of hydrogen-bond donors (Lipinski definition) is 3. The van der Waals surface area contributed by atoms with E-state index in [1.54, 1.807) is 0 Å². The van der Waals surface area contributed by atoms with Crippen LogP contribution in [0.1, 0.15) is 0 Å². The molecule has 4 N–H and O–H groups in total. The molecular formula is C12H22N6. The number of anilines is 2. The molecule has 0 saturated carbocycles. The lowest BCUT2D eigenvalue weighted by Crippen LogP contribution is -2.52. The van der Waals surface area contributed by atoms with Gasteiger partial charge in [-0.3, -0.25) is 4.90 Å². The Morgan fingerprint density at radius 2 is 2.11 bits per heavy atom. The summed E-state index contributed by atoms with van der Waals surface area (Å²) in [5.41, 5.74) is 2.55. The van der Waals surface area contributed by atoms with Gasteiger partial charge >= 0.3 is 0 Å². The van der Waals surface area contributed by atoms with Crippen LogP contribution in [0, 0.1) is 0 Å². The molecule has 0 aliphatic carbocycles. The van der Waals surface area contributed by atoms with E-state index in [1.165, 1.54) is 0 Å². The van der Waals surface area contributed by atoms with Gasteiger partial charge in [0.1, 0.15) is 11.6 Å². The average molecular weight is 250 g/mol. The minimum Gasteiger partial charge on any atom is -0.368 e. The number of pyridine rings is 1. The van der Waals surface area contributed by atoms with Crippen molar-refractivity contribution in [2.24, 2.45) is 5.84 Å². The Bertz CT molecular complexity index is 383. The highest BCUT2D eigenvalue weighted by Gasteiger charge is 2.21. The number of rotatable bonds is 4. The Balaban J connectivity index is 1.89. The number of nitrogen functional groups attached to an aromatic ring is 1. The summed E-state index contributed by atoms with van der Waals surface area (Å²) in [6.07, 6.45) is 0. The van der Waals surface area contributed by atoms with Gasteiger partial charge in [-0.2, -0.15) is 0 Å². The topological polar surface area (TPSA) is 69.5 Å². The van der Waals surface area contributed by atoms with Crippen LogP contribution in [0.5, 0.6) is 0 Å². The summed E-state index contributed by atoms with van der Waals surface area (Å²) in [6, 6.07) is 6.24. The molecule has 1 unspecified atom stereocenters. The zero-order chi connectivity index (χ0) is 13.0. The second-order valence-electron chi connectivity index (χ2n) is 4.83. The molecule has 100 valence electrons. The molecule has 1 aliphatic heterocycles. The Morgan fingerprint density at radius 3 is 2.89 bits per heavy atom. The van der Waals surface area contributed by atoms with Crippen molar-refractivity contribution in [1.29, 1.82) is 0 Å². The first kappa shape index (κ1) is 13.1. The molecule has 1 aromatic rings. The molecule has 0 spiro atoms. The van der Waals surface area contributed by atoms with Crippen LogP contribution in [0.15, 0.2) is 18.2 Å². The number of nitrogens with one attached hydrogen (secondary N) is 2. The van der Waals surface area contributed by atoms with E-state index in [-0.39, 0.29) is 0 Å². The predicted octanol–water partition coefficient (Wildman–Crippen LogP) is 0.0249. The van der Waals surface area contributed by atoms with E-state index in [1.807, 2.05) is 18.2 Å². The van der Waals surface area contributed by atoms with Crippen LogP contribution >= 0.6 is 0 Å². The summed E-state index contributed by atoms with van der Waals surface area (Å²) < 4.78 is 0. The maximum absolute atomic E-state index is 5.34. The van der Waals surface area contributed by atoms with Crippen molar-refractivity contribution in [2.45, 2.75) is 6.04 Å². The SMILES string of the molecule is CN1CCN(C)C(CNc2cccc(NN)n2)C1. The standard InChI is InChI=1S/C12H22N6/c1-17-6-7-18(2)10(9-17)8-14-11-4-3-5-12(15-11)16-13/h3-5,10H,6-9,13H2,1-2H3,(H2,14,15,16). The van der Waals surface area contributed by atoms with E-state index in [4.69, 9.17) is 5.84 Å². The van der Waals surface area contributed by atoms with Gasteiger partial charge in [0.15, 0.2) is 0 Å². The fourth-order valence-electron chi connectivity index (χ4n) is 2.16. The van der Waals surface area contributed by atoms with Crippen LogP contribution in [0.4, 0.5) is 11.6 Å². The molecule has 6 heteroatoms. The van der Waals surface area contributed by atoms with Gasteiger partial charge in [0, 0.05) is 32.2 Å². The average Bonchev–Trinajstić information content (AvgIpc) is 2.40. The fourth-order valence-corrected chi connectivity index (χ4v) is 2.16. The quantitative estimate of drug-likeness (QED) is 0.517. The van der Waals surface area contributed by atoms with Crippen molar-refractivity contribution in [3.63, 3.8) is 0 Å². The van der Waals surface area contributed by atoms with Crippen molar-refractivity contribution < 1.29 is 0 Å². The summed E-state index contributed by atoms with van der Waals surface area (Å²) >= 11 is 0. The Kier molecular flexibility index (Phi) is 4.35. The highest BCUT2D eigenvalue weighted by atomic mass is 15.3. The van der Waals surface area contributed by atoms with E-state index < -0.39 is 0 Å². The lowest BCUT2D eigenvalue weighted by Gasteiger charge is -2.37. The van der Waals surface area contributed by atoms with Crippen LogP contribution in [-0.2, 0) is 0 Å². The summed E-state index contributed by atoms with van der Waals surface area (Å²) in [6.45, 7) is 4.22. The first-order valence-corrected chi connectivity index (χ1v) is 6.25. The van der Waals surface area contributed by atoms with Crippen molar-refractivity contribution >= 4 is 11.6 Å². The highest BCUT2D eigenvalue weighted by Crippen LogP contribution is 2.10. The lowest BCUT2D eigenvalue weighted by molar-refractivity contribution is 0.122. The van der Waals surface area contributed by atoms with Gasteiger partial charge in [0.25, 0.3) is 0 Å². The number of likely N-dealkylation sites (N-methyl/N-ethyl adjacent to an activating group) is 2. The monoisotopic (exact) mass is 250 g/mol. The summed E-state index contributed by atoms with van der Waals surface area (Å²) in [4.78, 5) is 9.09. The van der Waals surface area contributed by atoms with Crippen LogP contribution in [-0.4, -0.2) is 61.1 Å². The minimum atomic E-state index is 0.514. The molecule has 1 saturated heterocycles. The third-order valence-electron chi connectivity index (χ3n) is 3.40. The summed E-state index contributed by atoms with van der Waals surface area (Å²) in [5, 5.41) is 3.37. The number of hydrogen-bond acceptors (Lipinski definition) is 6. The van der Waals surface area contributed by atoms with Crippen molar-refractivity contribution in [3.8, 4) is 0 Å². The number of piperazine rings is 1. The van der Waals surface area contributed by atoms with Crippen molar-refractivity contribution in [1.82, 2.24) is 14.8 Å². The van der Waals surface area contributed by atoms with Gasteiger partial charge < -0.3 is 15.6 Å². The zero-order valence-corrected chi connectivity index (χ0v) is 11.1. The third-order valence-corrected chi connectivity index (χ3v) is 3.40. The molecule has 6 nitrogen and oxygen atoms in total. The molecule has 1 fully saturated rings. The Hall–Kier alpha value is -1.37. The Morgan fingerprint density at radius 1 is 1.33 bits per heavy atom. The van der Waals surface area contributed by atoms with Crippen molar-refractivity contribution in [3.05, 3.63) is 18.2 Å². The second kappa shape index (κ2) is 5.99. The Labute approximate surface area is 108 Å². The number of aromatic nitrogens is 1. The van der Waals surface area contributed by atoms with E-state index >= 15 is 0 Å². The number of nitrogens with zero attached hydrogens (tertiary/aromatic N) is 3. The molecule has 0 aromatic carbocycles. The molecule has 0 radical (unpaired) electrons. The molecule has 1 aliphatic rings. The highest BCUT2D eigenvalue weighted by molar-refractivity contribution is 5.44. The third kappa shape index (κ3) is 3.32. The van der Waals surface area contributed by atoms with Gasteiger partial charge in [-0.05, 0) is 26.2 Å². The summed E-state index contributed by atoms with van der Waals surface area (Å²) in [7, 11) is 4.34. The van der Waals surface area contributed by atoms with Crippen LogP contribution in [0.2, 0.25) is 0 Å². The van der Waals surface area contributed by atoms with Crippen molar-refractivity contribution in [2.75, 3.05) is 51.0 Å². The molecule has 2 rings (SSSR count). The van der Waals surface area contributed by atoms with E-state index in [0.717, 1.165) is 32.0 Å². The van der Waals surface area contributed by atoms with E-state index in [9.17, 15) is 0 Å². The molecule has 0 amide bonds. The van der Waals surface area contributed by atoms with E-state index in [0.29, 0.717) is 11.9 Å². The van der Waals surface area contributed by atoms with Gasteiger partial charge in [0.2, 0.25) is 0 Å². The predicted molar refractivity (Wildman–Crippen MR) is 74.5 cm³/mol.